The van der Waals surface area contributed by atoms with E-state index in [1.54, 1.807) is 36.2 Å². The van der Waals surface area contributed by atoms with Gasteiger partial charge < -0.3 is 9.73 Å². The van der Waals surface area contributed by atoms with Crippen LogP contribution in [0.5, 0.6) is 0 Å². The van der Waals surface area contributed by atoms with E-state index >= 15 is 0 Å². The van der Waals surface area contributed by atoms with Crippen molar-refractivity contribution in [1.82, 2.24) is 8.96 Å². The van der Waals surface area contributed by atoms with Gasteiger partial charge in [0, 0.05) is 29.7 Å². The summed E-state index contributed by atoms with van der Waals surface area (Å²) in [4.78, 5) is 41.2. The summed E-state index contributed by atoms with van der Waals surface area (Å²) in [5, 5.41) is 15.2. The number of para-hydroxylation sites is 1. The van der Waals surface area contributed by atoms with E-state index in [9.17, 15) is 19.7 Å². The zero-order valence-corrected chi connectivity index (χ0v) is 17.2. The van der Waals surface area contributed by atoms with Crippen LogP contribution in [0.15, 0.2) is 62.5 Å². The molecule has 4 heterocycles. The molecule has 1 atom stereocenters. The number of hydrogen-bond acceptors (Lipinski definition) is 8. The summed E-state index contributed by atoms with van der Waals surface area (Å²) < 4.78 is 7.49. The number of nitrogens with zero attached hydrogens (tertiary/aromatic N) is 3. The predicted octanol–water partition coefficient (Wildman–Crippen LogP) is 3.55. The highest BCUT2D eigenvalue weighted by Crippen LogP contribution is 2.46. The lowest BCUT2D eigenvalue weighted by Gasteiger charge is -2.29. The van der Waals surface area contributed by atoms with E-state index < -0.39 is 22.0 Å². The summed E-state index contributed by atoms with van der Waals surface area (Å²) in [5.41, 5.74) is 1.11. The van der Waals surface area contributed by atoms with Gasteiger partial charge in [-0.2, -0.15) is 4.98 Å². The van der Waals surface area contributed by atoms with Gasteiger partial charge in [0.2, 0.25) is 0 Å². The molecule has 2 aromatic heterocycles. The second kappa shape index (κ2) is 6.79. The van der Waals surface area contributed by atoms with E-state index in [0.29, 0.717) is 45.8 Å². The van der Waals surface area contributed by atoms with E-state index in [0.717, 1.165) is 5.75 Å². The van der Waals surface area contributed by atoms with Gasteiger partial charge in [-0.15, -0.1) is 0 Å². The molecule has 0 saturated carbocycles. The highest BCUT2D eigenvalue weighted by atomic mass is 32.2. The first-order chi connectivity index (χ1) is 15.5. The molecule has 32 heavy (non-hydrogen) atoms. The van der Waals surface area contributed by atoms with E-state index in [2.05, 4.69) is 10.3 Å². The number of hydrogen-bond donors (Lipinski definition) is 1. The third-order valence-corrected chi connectivity index (χ3v) is 6.84. The first-order valence-corrected chi connectivity index (χ1v) is 10.8. The Labute approximate surface area is 184 Å². The smallest absolute Gasteiger partial charge is 0.342 e. The summed E-state index contributed by atoms with van der Waals surface area (Å²) in [7, 11) is 0. The van der Waals surface area contributed by atoms with Gasteiger partial charge in [-0.05, 0) is 29.6 Å². The topological polar surface area (TPSA) is 120 Å². The minimum absolute atomic E-state index is 0.0759. The van der Waals surface area contributed by atoms with Gasteiger partial charge in [0.05, 0.1) is 27.7 Å². The summed E-state index contributed by atoms with van der Waals surface area (Å²) >= 11 is 1.54. The Bertz CT molecular complexity index is 1560. The SMILES string of the molecule is O=c1nc2n(c3c1C(c1ccc([N+](=O)[O-])cc1)c1c(c4ccccc4oc1=O)N3)SCC2. The Kier molecular flexibility index (Phi) is 3.99. The molecule has 2 aliphatic heterocycles. The van der Waals surface area contributed by atoms with Gasteiger partial charge >= 0.3 is 5.63 Å². The van der Waals surface area contributed by atoms with E-state index in [1.165, 1.54) is 12.1 Å². The van der Waals surface area contributed by atoms with Gasteiger partial charge in [-0.1, -0.05) is 24.3 Å². The maximum Gasteiger partial charge on any atom is 0.342 e. The van der Waals surface area contributed by atoms with Crippen molar-refractivity contribution < 1.29 is 9.34 Å². The molecule has 2 aliphatic rings. The second-order valence-electron chi connectivity index (χ2n) is 7.55. The number of rotatable bonds is 2. The Balaban J connectivity index is 1.71. The third kappa shape index (κ3) is 2.62. The number of nitro groups is 1. The molecule has 0 radical (unpaired) electrons. The van der Waals surface area contributed by atoms with Crippen molar-refractivity contribution in [3.63, 3.8) is 0 Å². The predicted molar refractivity (Wildman–Crippen MR) is 120 cm³/mol. The number of aromatic nitrogens is 2. The largest absolute Gasteiger partial charge is 0.422 e. The fourth-order valence-corrected chi connectivity index (χ4v) is 5.42. The number of non-ortho nitro benzene ring substituents is 1. The van der Waals surface area contributed by atoms with Crippen LogP contribution in [-0.2, 0) is 6.42 Å². The summed E-state index contributed by atoms with van der Waals surface area (Å²) in [6.45, 7) is 0. The molecular formula is C22H14N4O5S. The van der Waals surface area contributed by atoms with E-state index in [4.69, 9.17) is 4.42 Å². The van der Waals surface area contributed by atoms with Gasteiger partial charge in [-0.3, -0.25) is 18.9 Å². The van der Waals surface area contributed by atoms with Crippen LogP contribution in [0.1, 0.15) is 28.4 Å². The Morgan fingerprint density at radius 1 is 1.12 bits per heavy atom. The minimum atomic E-state index is -0.776. The Hall–Kier alpha value is -3.92. The molecular weight excluding hydrogens is 432 g/mol. The number of anilines is 2. The van der Waals surface area contributed by atoms with Gasteiger partial charge in [0.1, 0.15) is 17.2 Å². The highest BCUT2D eigenvalue weighted by Gasteiger charge is 2.37. The number of benzene rings is 2. The summed E-state index contributed by atoms with van der Waals surface area (Å²) in [6.07, 6.45) is 0.668. The summed E-state index contributed by atoms with van der Waals surface area (Å²) in [5.74, 6) is 1.26. The van der Waals surface area contributed by atoms with E-state index in [-0.39, 0.29) is 11.3 Å². The summed E-state index contributed by atoms with van der Waals surface area (Å²) in [6, 6.07) is 13.1. The molecule has 0 saturated heterocycles. The Morgan fingerprint density at radius 3 is 2.69 bits per heavy atom. The lowest BCUT2D eigenvalue weighted by atomic mass is 9.82. The van der Waals surface area contributed by atoms with Crippen molar-refractivity contribution in [3.8, 4) is 0 Å². The number of nitrogens with one attached hydrogen (secondary N) is 1. The number of nitro benzene ring substituents is 1. The molecule has 0 bridgehead atoms. The zero-order chi connectivity index (χ0) is 22.0. The van der Waals surface area contributed by atoms with Crippen molar-refractivity contribution in [3.05, 3.63) is 102 Å². The maximum absolute atomic E-state index is 13.2. The molecule has 158 valence electrons. The van der Waals surface area contributed by atoms with Crippen molar-refractivity contribution >= 4 is 40.1 Å². The molecule has 4 aromatic rings. The second-order valence-corrected chi connectivity index (χ2v) is 8.59. The van der Waals surface area contributed by atoms with Crippen LogP contribution in [0.4, 0.5) is 17.2 Å². The molecule has 2 aromatic carbocycles. The maximum atomic E-state index is 13.2. The number of fused-ring (bicyclic) bond motifs is 6. The molecule has 0 spiro atoms. The lowest BCUT2D eigenvalue weighted by molar-refractivity contribution is -0.384. The van der Waals surface area contributed by atoms with Crippen LogP contribution in [0, 0.1) is 10.1 Å². The molecule has 0 fully saturated rings. The number of aryl methyl sites for hydroxylation is 1. The standard InChI is InChI=1S/C22H14N4O5S/c27-21-18-16(11-5-7-12(8-6-11)26(29)30)17-19(13-3-1-2-4-14(13)31-22(17)28)24-20(18)25-15(23-21)9-10-32-25/h1-8,16,24H,9-10H2. The van der Waals surface area contributed by atoms with Crippen molar-refractivity contribution in [1.29, 1.82) is 0 Å². The van der Waals surface area contributed by atoms with Crippen LogP contribution in [0.3, 0.4) is 0 Å². The molecule has 9 nitrogen and oxygen atoms in total. The van der Waals surface area contributed by atoms with Crippen LogP contribution in [-0.4, -0.2) is 19.6 Å². The molecule has 1 N–H and O–H groups in total. The molecule has 1 unspecified atom stereocenters. The average molecular weight is 446 g/mol. The van der Waals surface area contributed by atoms with E-state index in [1.807, 2.05) is 16.1 Å². The molecule has 10 heteroatoms. The van der Waals surface area contributed by atoms with Crippen LogP contribution in [0.2, 0.25) is 0 Å². The quantitative estimate of drug-likeness (QED) is 0.248. The van der Waals surface area contributed by atoms with Gasteiger partial charge in [0.15, 0.2) is 0 Å². The fraction of sp³-hybridized carbons (Fsp3) is 0.136. The third-order valence-electron chi connectivity index (χ3n) is 5.81. The molecule has 0 aliphatic carbocycles. The van der Waals surface area contributed by atoms with Crippen molar-refractivity contribution in [2.24, 2.45) is 0 Å². The lowest BCUT2D eigenvalue weighted by Crippen LogP contribution is -2.31. The van der Waals surface area contributed by atoms with Gasteiger partial charge in [0.25, 0.3) is 11.2 Å². The Morgan fingerprint density at radius 2 is 1.91 bits per heavy atom. The van der Waals surface area contributed by atoms with Crippen LogP contribution in [0.25, 0.3) is 11.0 Å². The molecule has 0 amide bonds. The minimum Gasteiger partial charge on any atom is -0.422 e. The first-order valence-electron chi connectivity index (χ1n) is 9.89. The van der Waals surface area contributed by atoms with Gasteiger partial charge in [-0.25, -0.2) is 4.79 Å². The normalized spacial score (nSPS) is 16.2. The fourth-order valence-electron chi connectivity index (χ4n) is 4.41. The molecule has 6 rings (SSSR count). The monoisotopic (exact) mass is 446 g/mol. The first kappa shape index (κ1) is 18.8. The zero-order valence-electron chi connectivity index (χ0n) is 16.4. The average Bonchev–Trinajstić information content (AvgIpc) is 3.26. The van der Waals surface area contributed by atoms with Crippen molar-refractivity contribution in [2.45, 2.75) is 12.3 Å². The van der Waals surface area contributed by atoms with Crippen LogP contribution >= 0.6 is 11.9 Å². The highest BCUT2D eigenvalue weighted by molar-refractivity contribution is 7.98. The van der Waals surface area contributed by atoms with Crippen molar-refractivity contribution in [2.75, 3.05) is 11.1 Å². The van der Waals surface area contributed by atoms with Crippen LogP contribution < -0.4 is 16.5 Å².